The van der Waals surface area contributed by atoms with Gasteiger partial charge in [0.2, 0.25) is 10.0 Å². The fourth-order valence-electron chi connectivity index (χ4n) is 3.77. The van der Waals surface area contributed by atoms with Crippen LogP contribution in [-0.4, -0.2) is 57.3 Å². The van der Waals surface area contributed by atoms with Gasteiger partial charge in [-0.05, 0) is 50.1 Å². The second-order valence-corrected chi connectivity index (χ2v) is 9.68. The molecule has 0 radical (unpaired) electrons. The molecule has 1 heterocycles. The third-order valence-electron chi connectivity index (χ3n) is 5.57. The number of carbonyl (C=O) groups is 2. The van der Waals surface area contributed by atoms with Crippen LogP contribution in [0, 0.1) is 5.82 Å². The highest BCUT2D eigenvalue weighted by molar-refractivity contribution is 7.89. The zero-order valence-corrected chi connectivity index (χ0v) is 19.5. The predicted molar refractivity (Wildman–Crippen MR) is 121 cm³/mol. The third kappa shape index (κ3) is 5.69. The lowest BCUT2D eigenvalue weighted by atomic mass is 10.1. The zero-order valence-electron chi connectivity index (χ0n) is 18.6. The Labute approximate surface area is 193 Å². The summed E-state index contributed by atoms with van der Waals surface area (Å²) < 4.78 is 46.9. The van der Waals surface area contributed by atoms with Crippen LogP contribution in [0.25, 0.3) is 0 Å². The van der Waals surface area contributed by atoms with Crippen LogP contribution in [-0.2, 0) is 10.0 Å². The first-order chi connectivity index (χ1) is 15.8. The van der Waals surface area contributed by atoms with Gasteiger partial charge in [-0.3, -0.25) is 9.59 Å². The first kappa shape index (κ1) is 24.7. The summed E-state index contributed by atoms with van der Waals surface area (Å²) >= 11 is 0. The first-order valence-corrected chi connectivity index (χ1v) is 12.2. The number of carbonyl (C=O) groups excluding carboxylic acids is 2. The number of hydrogen-bond acceptors (Lipinski definition) is 5. The molecular formula is C23H28FN3O5S. The van der Waals surface area contributed by atoms with E-state index in [2.05, 4.69) is 10.6 Å². The number of ether oxygens (including phenoxy) is 1. The molecule has 1 aliphatic heterocycles. The minimum atomic E-state index is -3.85. The molecule has 33 heavy (non-hydrogen) atoms. The van der Waals surface area contributed by atoms with E-state index in [1.807, 2.05) is 6.92 Å². The molecule has 0 aliphatic carbocycles. The van der Waals surface area contributed by atoms with E-state index in [0.717, 1.165) is 19.3 Å². The van der Waals surface area contributed by atoms with Gasteiger partial charge in [0.1, 0.15) is 16.5 Å². The number of hydrogen-bond donors (Lipinski definition) is 2. The molecule has 0 bridgehead atoms. The average molecular weight is 478 g/mol. The van der Waals surface area contributed by atoms with Crippen molar-refractivity contribution in [3.8, 4) is 5.75 Å². The van der Waals surface area contributed by atoms with E-state index in [0.29, 0.717) is 6.54 Å². The molecule has 2 aromatic rings. The van der Waals surface area contributed by atoms with Crippen molar-refractivity contribution in [3.63, 3.8) is 0 Å². The van der Waals surface area contributed by atoms with Gasteiger partial charge in [-0.2, -0.15) is 4.31 Å². The number of amides is 2. The molecule has 178 valence electrons. The van der Waals surface area contributed by atoms with Crippen LogP contribution in [0.2, 0.25) is 0 Å². The third-order valence-corrected chi connectivity index (χ3v) is 7.60. The van der Waals surface area contributed by atoms with Crippen molar-refractivity contribution >= 4 is 21.8 Å². The maximum Gasteiger partial charge on any atom is 0.254 e. The second kappa shape index (κ2) is 10.8. The fraction of sp³-hybridized carbons (Fsp3) is 0.391. The molecule has 2 N–H and O–H groups in total. The van der Waals surface area contributed by atoms with Crippen LogP contribution in [0.4, 0.5) is 4.39 Å². The normalized spacial score (nSPS) is 16.8. The monoisotopic (exact) mass is 477 g/mol. The Kier molecular flexibility index (Phi) is 8.04. The predicted octanol–water partition coefficient (Wildman–Crippen LogP) is 2.56. The van der Waals surface area contributed by atoms with Gasteiger partial charge in [-0.25, -0.2) is 12.8 Å². The van der Waals surface area contributed by atoms with Crippen molar-refractivity contribution in [3.05, 3.63) is 59.4 Å². The summed E-state index contributed by atoms with van der Waals surface area (Å²) in [7, 11) is -2.46. The number of nitrogens with one attached hydrogen (secondary N) is 2. The van der Waals surface area contributed by atoms with Crippen LogP contribution in [0.5, 0.6) is 5.75 Å². The van der Waals surface area contributed by atoms with E-state index >= 15 is 0 Å². The van der Waals surface area contributed by atoms with Crippen molar-refractivity contribution in [2.24, 2.45) is 0 Å². The highest BCUT2D eigenvalue weighted by atomic mass is 32.2. The number of nitrogens with zero attached hydrogens (tertiary/aromatic N) is 1. The van der Waals surface area contributed by atoms with E-state index < -0.39 is 27.7 Å². The fourth-order valence-corrected chi connectivity index (χ4v) is 5.65. The summed E-state index contributed by atoms with van der Waals surface area (Å²) in [5.74, 6) is -1.55. The van der Waals surface area contributed by atoms with E-state index in [4.69, 9.17) is 4.74 Å². The van der Waals surface area contributed by atoms with Crippen molar-refractivity contribution in [2.75, 3.05) is 26.7 Å². The smallest absolute Gasteiger partial charge is 0.254 e. The average Bonchev–Trinajstić information content (AvgIpc) is 2.81. The topological polar surface area (TPSA) is 105 Å². The van der Waals surface area contributed by atoms with Crippen LogP contribution in [0.3, 0.4) is 0 Å². The Bertz CT molecular complexity index is 1120. The molecule has 3 rings (SSSR count). The maximum absolute atomic E-state index is 13.7. The zero-order chi connectivity index (χ0) is 24.0. The summed E-state index contributed by atoms with van der Waals surface area (Å²) in [5, 5.41) is 5.16. The number of piperidine rings is 1. The molecule has 2 amide bonds. The second-order valence-electron chi connectivity index (χ2n) is 7.82. The van der Waals surface area contributed by atoms with Gasteiger partial charge in [0.05, 0.1) is 12.7 Å². The summed E-state index contributed by atoms with van der Waals surface area (Å²) in [6, 6.07) is 9.71. The molecular weight excluding hydrogens is 449 g/mol. The Hall–Kier alpha value is -2.98. The number of sulfonamides is 1. The van der Waals surface area contributed by atoms with Gasteiger partial charge in [0.25, 0.3) is 11.8 Å². The van der Waals surface area contributed by atoms with Gasteiger partial charge >= 0.3 is 0 Å². The highest BCUT2D eigenvalue weighted by Crippen LogP contribution is 2.31. The summed E-state index contributed by atoms with van der Waals surface area (Å²) in [6.07, 6.45) is 2.53. The van der Waals surface area contributed by atoms with E-state index in [1.165, 1.54) is 47.8 Å². The van der Waals surface area contributed by atoms with Crippen molar-refractivity contribution in [1.82, 2.24) is 14.9 Å². The van der Waals surface area contributed by atoms with Gasteiger partial charge in [0.15, 0.2) is 0 Å². The lowest BCUT2D eigenvalue weighted by Crippen LogP contribution is -2.42. The van der Waals surface area contributed by atoms with Crippen LogP contribution >= 0.6 is 0 Å². The van der Waals surface area contributed by atoms with Crippen LogP contribution < -0.4 is 15.4 Å². The molecule has 10 heteroatoms. The molecule has 0 spiro atoms. The molecule has 0 saturated carbocycles. The van der Waals surface area contributed by atoms with Gasteiger partial charge in [-0.1, -0.05) is 18.6 Å². The lowest BCUT2D eigenvalue weighted by molar-refractivity contribution is 0.0925. The number of methoxy groups -OCH3 is 1. The molecule has 1 atom stereocenters. The van der Waals surface area contributed by atoms with Gasteiger partial charge in [0, 0.05) is 31.2 Å². The molecule has 2 aromatic carbocycles. The molecule has 8 nitrogen and oxygen atoms in total. The molecule has 1 aliphatic rings. The van der Waals surface area contributed by atoms with Crippen molar-refractivity contribution in [1.29, 1.82) is 0 Å². The number of benzene rings is 2. The van der Waals surface area contributed by atoms with Crippen molar-refractivity contribution in [2.45, 2.75) is 37.1 Å². The lowest BCUT2D eigenvalue weighted by Gasteiger charge is -2.32. The highest BCUT2D eigenvalue weighted by Gasteiger charge is 2.33. The molecule has 1 fully saturated rings. The number of halogens is 1. The van der Waals surface area contributed by atoms with Crippen LogP contribution in [0.1, 0.15) is 46.9 Å². The first-order valence-electron chi connectivity index (χ1n) is 10.8. The Balaban J connectivity index is 1.66. The van der Waals surface area contributed by atoms with E-state index in [-0.39, 0.29) is 40.9 Å². The SMILES string of the molecule is COc1ccc(C(=O)NCCNC(=O)c2ccccc2F)cc1S(=O)(=O)N1CCCCC1C. The standard InChI is InChI=1S/C23H28FN3O5S/c1-16-7-5-6-14-27(16)33(30,31)21-15-17(10-11-20(21)32-2)22(28)25-12-13-26-23(29)18-8-3-4-9-19(18)24/h3-4,8-11,15-16H,5-7,12-14H2,1-2H3,(H,25,28)(H,26,29). The minimum Gasteiger partial charge on any atom is -0.495 e. The Morgan fingerprint density at radius 1 is 1.09 bits per heavy atom. The quantitative estimate of drug-likeness (QED) is 0.569. The van der Waals surface area contributed by atoms with Crippen LogP contribution in [0.15, 0.2) is 47.4 Å². The van der Waals surface area contributed by atoms with E-state index in [1.54, 1.807) is 6.07 Å². The minimum absolute atomic E-state index is 0.0562. The van der Waals surface area contributed by atoms with Gasteiger partial charge in [-0.15, -0.1) is 0 Å². The summed E-state index contributed by atoms with van der Waals surface area (Å²) in [6.45, 7) is 2.45. The Morgan fingerprint density at radius 3 is 2.45 bits per heavy atom. The van der Waals surface area contributed by atoms with E-state index in [9.17, 15) is 22.4 Å². The molecule has 1 unspecified atom stereocenters. The Morgan fingerprint density at radius 2 is 1.79 bits per heavy atom. The summed E-state index contributed by atoms with van der Waals surface area (Å²) in [5.41, 5.74) is 0.0697. The molecule has 0 aromatic heterocycles. The van der Waals surface area contributed by atoms with Crippen molar-refractivity contribution < 1.29 is 27.1 Å². The molecule has 1 saturated heterocycles. The summed E-state index contributed by atoms with van der Waals surface area (Å²) in [4.78, 5) is 24.6. The van der Waals surface area contributed by atoms with Gasteiger partial charge < -0.3 is 15.4 Å². The number of rotatable bonds is 8. The maximum atomic E-state index is 13.7. The largest absolute Gasteiger partial charge is 0.495 e.